The zero-order valence-electron chi connectivity index (χ0n) is 10.6. The number of nitrogens with two attached hydrogens (primary N) is 1. The molecule has 0 saturated carbocycles. The minimum Gasteiger partial charge on any atom is -0.408 e. The van der Waals surface area contributed by atoms with Gasteiger partial charge in [-0.05, 0) is 40.2 Å². The third-order valence-corrected chi connectivity index (χ3v) is 3.76. The van der Waals surface area contributed by atoms with E-state index >= 15 is 0 Å². The molecule has 0 aliphatic rings. The molecule has 0 unspecified atom stereocenters. The number of rotatable bonds is 2. The second-order valence-corrected chi connectivity index (χ2v) is 5.36. The van der Waals surface area contributed by atoms with Crippen LogP contribution in [0.25, 0.3) is 11.1 Å². The fourth-order valence-electron chi connectivity index (χ4n) is 2.10. The van der Waals surface area contributed by atoms with Crippen LogP contribution < -0.4 is 11.5 Å². The summed E-state index contributed by atoms with van der Waals surface area (Å²) in [7, 11) is 0. The van der Waals surface area contributed by atoms with Crippen molar-refractivity contribution in [3.63, 3.8) is 0 Å². The molecule has 21 heavy (non-hydrogen) atoms. The molecular weight excluding hydrogens is 346 g/mol. The summed E-state index contributed by atoms with van der Waals surface area (Å²) in [5.41, 5.74) is 6.52. The quantitative estimate of drug-likeness (QED) is 0.567. The molecule has 0 aliphatic heterocycles. The van der Waals surface area contributed by atoms with Crippen LogP contribution in [-0.4, -0.2) is 4.57 Å². The molecule has 0 aliphatic carbocycles. The molecule has 4 nitrogen and oxygen atoms in total. The van der Waals surface area contributed by atoms with E-state index in [2.05, 4.69) is 15.9 Å². The van der Waals surface area contributed by atoms with Gasteiger partial charge in [-0.1, -0.05) is 0 Å². The van der Waals surface area contributed by atoms with Crippen LogP contribution in [0.1, 0.15) is 5.56 Å². The molecule has 7 heteroatoms. The Bertz CT molecular complexity index is 902. The highest BCUT2D eigenvalue weighted by molar-refractivity contribution is 9.10. The average molecular weight is 355 g/mol. The zero-order valence-corrected chi connectivity index (χ0v) is 12.2. The lowest BCUT2D eigenvalue weighted by Gasteiger charge is -2.07. The van der Waals surface area contributed by atoms with E-state index in [-0.39, 0.29) is 22.2 Å². The van der Waals surface area contributed by atoms with Gasteiger partial charge >= 0.3 is 5.76 Å². The number of oxazole rings is 1. The molecule has 0 amide bonds. The van der Waals surface area contributed by atoms with E-state index in [1.807, 2.05) is 0 Å². The minimum atomic E-state index is -0.744. The number of nitrogen functional groups attached to an aromatic ring is 1. The summed E-state index contributed by atoms with van der Waals surface area (Å²) in [4.78, 5) is 11.9. The van der Waals surface area contributed by atoms with Gasteiger partial charge in [-0.15, -0.1) is 0 Å². The highest BCUT2D eigenvalue weighted by atomic mass is 79.9. The maximum absolute atomic E-state index is 14.0. The van der Waals surface area contributed by atoms with Crippen LogP contribution in [0.5, 0.6) is 0 Å². The van der Waals surface area contributed by atoms with Gasteiger partial charge in [-0.3, -0.25) is 4.57 Å². The monoisotopic (exact) mass is 354 g/mol. The smallest absolute Gasteiger partial charge is 0.408 e. The number of nitrogens with zero attached hydrogens (tertiary/aromatic N) is 1. The minimum absolute atomic E-state index is 0.129. The number of halogens is 3. The molecule has 2 N–H and O–H groups in total. The SMILES string of the molecule is Nc1ccc2c(c1)oc(=O)n2Cc1c(F)ccc(Br)c1F. The van der Waals surface area contributed by atoms with Crippen LogP contribution in [-0.2, 0) is 6.54 Å². The maximum Gasteiger partial charge on any atom is 0.420 e. The van der Waals surface area contributed by atoms with Crippen molar-refractivity contribution in [2.45, 2.75) is 6.54 Å². The molecule has 0 spiro atoms. The van der Waals surface area contributed by atoms with E-state index in [1.165, 1.54) is 12.1 Å². The van der Waals surface area contributed by atoms with Crippen molar-refractivity contribution < 1.29 is 13.2 Å². The highest BCUT2D eigenvalue weighted by Crippen LogP contribution is 2.24. The van der Waals surface area contributed by atoms with Crippen molar-refractivity contribution in [2.75, 3.05) is 5.73 Å². The predicted octanol–water partition coefficient (Wildman–Crippen LogP) is 3.27. The summed E-state index contributed by atoms with van der Waals surface area (Å²) in [6.45, 7) is -0.271. The normalized spacial score (nSPS) is 11.2. The molecule has 0 bridgehead atoms. The lowest BCUT2D eigenvalue weighted by molar-refractivity contribution is 0.498. The summed E-state index contributed by atoms with van der Waals surface area (Å²) >= 11 is 2.99. The van der Waals surface area contributed by atoms with Gasteiger partial charge in [-0.2, -0.15) is 0 Å². The molecular formula is C14H9BrF2N2O2. The molecule has 2 aromatic carbocycles. The Morgan fingerprint density at radius 1 is 1.24 bits per heavy atom. The molecule has 3 aromatic rings. The van der Waals surface area contributed by atoms with Crippen molar-refractivity contribution in [3.8, 4) is 0 Å². The highest BCUT2D eigenvalue weighted by Gasteiger charge is 2.17. The summed E-state index contributed by atoms with van der Waals surface area (Å²) < 4.78 is 34.1. The van der Waals surface area contributed by atoms with Gasteiger partial charge in [0.1, 0.15) is 11.6 Å². The van der Waals surface area contributed by atoms with Gasteiger partial charge in [-0.25, -0.2) is 13.6 Å². The number of benzene rings is 2. The van der Waals surface area contributed by atoms with Crippen molar-refractivity contribution in [1.29, 1.82) is 0 Å². The van der Waals surface area contributed by atoms with Gasteiger partial charge < -0.3 is 10.2 Å². The third kappa shape index (κ3) is 2.33. The topological polar surface area (TPSA) is 61.2 Å². The fraction of sp³-hybridized carbons (Fsp3) is 0.0714. The van der Waals surface area contributed by atoms with Crippen molar-refractivity contribution >= 4 is 32.7 Å². The molecule has 0 fully saturated rings. The average Bonchev–Trinajstić information content (AvgIpc) is 2.74. The Kier molecular flexibility index (Phi) is 3.29. The van der Waals surface area contributed by atoms with Gasteiger partial charge in [0.2, 0.25) is 0 Å². The summed E-state index contributed by atoms with van der Waals surface area (Å²) in [5, 5.41) is 0. The van der Waals surface area contributed by atoms with Crippen LogP contribution >= 0.6 is 15.9 Å². The van der Waals surface area contributed by atoms with Gasteiger partial charge in [0, 0.05) is 17.3 Å². The lowest BCUT2D eigenvalue weighted by atomic mass is 10.2. The first-order chi connectivity index (χ1) is 9.97. The van der Waals surface area contributed by atoms with E-state index in [0.29, 0.717) is 11.2 Å². The van der Waals surface area contributed by atoms with Crippen molar-refractivity contribution in [1.82, 2.24) is 4.57 Å². The number of anilines is 1. The molecule has 0 saturated heterocycles. The Hall–Kier alpha value is -2.15. The zero-order chi connectivity index (χ0) is 15.1. The molecule has 0 radical (unpaired) electrons. The number of aromatic nitrogens is 1. The molecule has 108 valence electrons. The maximum atomic E-state index is 14.0. The van der Waals surface area contributed by atoms with Gasteiger partial charge in [0.25, 0.3) is 0 Å². The number of hydrogen-bond donors (Lipinski definition) is 1. The Morgan fingerprint density at radius 3 is 2.76 bits per heavy atom. The molecule has 3 rings (SSSR count). The molecule has 1 heterocycles. The van der Waals surface area contributed by atoms with E-state index in [1.54, 1.807) is 12.1 Å². The van der Waals surface area contributed by atoms with Crippen LogP contribution in [0.3, 0.4) is 0 Å². The number of fused-ring (bicyclic) bond motifs is 1. The van der Waals surface area contributed by atoms with E-state index in [9.17, 15) is 13.6 Å². The lowest BCUT2D eigenvalue weighted by Crippen LogP contribution is -2.16. The van der Waals surface area contributed by atoms with Crippen molar-refractivity contribution in [2.24, 2.45) is 0 Å². The fourth-order valence-corrected chi connectivity index (χ4v) is 2.48. The molecule has 0 atom stereocenters. The second kappa shape index (κ2) is 5.00. The van der Waals surface area contributed by atoms with Crippen LogP contribution in [0.2, 0.25) is 0 Å². The van der Waals surface area contributed by atoms with E-state index in [0.717, 1.165) is 10.6 Å². The summed E-state index contributed by atoms with van der Waals surface area (Å²) in [6.07, 6.45) is 0. The first-order valence-corrected chi connectivity index (χ1v) is 6.78. The van der Waals surface area contributed by atoms with Gasteiger partial charge in [0.05, 0.1) is 16.5 Å². The number of hydrogen-bond acceptors (Lipinski definition) is 3. The first-order valence-electron chi connectivity index (χ1n) is 5.98. The van der Waals surface area contributed by atoms with E-state index < -0.39 is 17.4 Å². The second-order valence-electron chi connectivity index (χ2n) is 4.50. The van der Waals surface area contributed by atoms with Crippen LogP contribution in [0, 0.1) is 11.6 Å². The third-order valence-electron chi connectivity index (χ3n) is 3.15. The summed E-state index contributed by atoms with van der Waals surface area (Å²) in [5.74, 6) is -2.17. The van der Waals surface area contributed by atoms with Gasteiger partial charge in [0.15, 0.2) is 5.58 Å². The Morgan fingerprint density at radius 2 is 2.00 bits per heavy atom. The van der Waals surface area contributed by atoms with Crippen molar-refractivity contribution in [3.05, 3.63) is 62.6 Å². The predicted molar refractivity (Wildman–Crippen MR) is 78.0 cm³/mol. The standard InChI is InChI=1S/C14H9BrF2N2O2/c15-9-2-3-10(16)8(13(9)17)6-19-11-4-1-7(18)5-12(11)21-14(19)20/h1-5H,6,18H2. The van der Waals surface area contributed by atoms with Crippen LogP contribution in [0.4, 0.5) is 14.5 Å². The Labute approximate surface area is 125 Å². The van der Waals surface area contributed by atoms with Crippen LogP contribution in [0.15, 0.2) is 44.0 Å². The molecule has 1 aromatic heterocycles. The first kappa shape index (κ1) is 13.8. The van der Waals surface area contributed by atoms with E-state index in [4.69, 9.17) is 10.2 Å². The summed E-state index contributed by atoms with van der Waals surface area (Å²) in [6, 6.07) is 7.05. The largest absolute Gasteiger partial charge is 0.420 e. The Balaban J connectivity index is 2.17.